The second-order valence-electron chi connectivity index (χ2n) is 4.38. The lowest BCUT2D eigenvalue weighted by Gasteiger charge is -2.15. The van der Waals surface area contributed by atoms with Crippen molar-refractivity contribution in [3.8, 4) is 5.75 Å². The highest BCUT2D eigenvalue weighted by atomic mass is 79.9. The summed E-state index contributed by atoms with van der Waals surface area (Å²) in [5, 5.41) is 0. The van der Waals surface area contributed by atoms with E-state index in [9.17, 15) is 4.39 Å². The van der Waals surface area contributed by atoms with Gasteiger partial charge < -0.3 is 10.5 Å². The van der Waals surface area contributed by atoms with Gasteiger partial charge >= 0.3 is 0 Å². The van der Waals surface area contributed by atoms with Crippen LogP contribution in [0, 0.1) is 12.7 Å². The van der Waals surface area contributed by atoms with Crippen molar-refractivity contribution in [2.45, 2.75) is 13.0 Å². The van der Waals surface area contributed by atoms with Crippen LogP contribution in [0.1, 0.15) is 22.7 Å². The first kappa shape index (κ1) is 14.0. The van der Waals surface area contributed by atoms with Gasteiger partial charge in [0.2, 0.25) is 0 Å². The van der Waals surface area contributed by atoms with Gasteiger partial charge in [-0.2, -0.15) is 0 Å². The van der Waals surface area contributed by atoms with E-state index in [1.54, 1.807) is 26.2 Å². The maximum absolute atomic E-state index is 13.3. The molecular weight excluding hydrogens is 309 g/mol. The molecule has 0 aromatic heterocycles. The van der Waals surface area contributed by atoms with Crippen LogP contribution in [0.5, 0.6) is 5.75 Å². The zero-order valence-electron chi connectivity index (χ0n) is 10.8. The molecule has 0 spiro atoms. The molecule has 2 rings (SSSR count). The van der Waals surface area contributed by atoms with Crippen molar-refractivity contribution in [2.24, 2.45) is 5.73 Å². The molecule has 0 aliphatic heterocycles. The van der Waals surface area contributed by atoms with E-state index >= 15 is 0 Å². The average Bonchev–Trinajstić information content (AvgIpc) is 2.41. The van der Waals surface area contributed by atoms with Crippen LogP contribution < -0.4 is 10.5 Å². The van der Waals surface area contributed by atoms with E-state index in [4.69, 9.17) is 10.5 Å². The zero-order chi connectivity index (χ0) is 14.0. The molecule has 0 radical (unpaired) electrons. The van der Waals surface area contributed by atoms with Gasteiger partial charge in [-0.15, -0.1) is 0 Å². The molecule has 1 unspecified atom stereocenters. The molecule has 2 aromatic carbocycles. The smallest absolute Gasteiger partial charge is 0.133 e. The molecule has 0 aliphatic rings. The minimum absolute atomic E-state index is 0.216. The molecular formula is C15H15BrFNO. The summed E-state index contributed by atoms with van der Waals surface area (Å²) in [7, 11) is 1.61. The minimum atomic E-state index is -0.290. The standard InChI is InChI=1S/C15H15BrFNO/c1-9-7-10(3-5-13(9)17)15(18)11-4-6-14(19-2)12(16)8-11/h3-8,15H,18H2,1-2H3. The monoisotopic (exact) mass is 323 g/mol. The Kier molecular flexibility index (Phi) is 4.22. The molecule has 2 aromatic rings. The number of aryl methyl sites for hydroxylation is 1. The van der Waals surface area contributed by atoms with E-state index in [0.717, 1.165) is 21.3 Å². The molecule has 2 N–H and O–H groups in total. The molecule has 1 atom stereocenters. The van der Waals surface area contributed by atoms with Gasteiger partial charge in [-0.1, -0.05) is 18.2 Å². The molecule has 0 fully saturated rings. The molecule has 0 aliphatic carbocycles. The Hall–Kier alpha value is -1.39. The zero-order valence-corrected chi connectivity index (χ0v) is 12.4. The number of nitrogens with two attached hydrogens (primary N) is 1. The van der Waals surface area contributed by atoms with Crippen molar-refractivity contribution in [3.63, 3.8) is 0 Å². The Balaban J connectivity index is 2.35. The van der Waals surface area contributed by atoms with Crippen LogP contribution in [-0.2, 0) is 0 Å². The summed E-state index contributed by atoms with van der Waals surface area (Å²) in [6.45, 7) is 1.73. The van der Waals surface area contributed by atoms with Crippen molar-refractivity contribution in [2.75, 3.05) is 7.11 Å². The number of ether oxygens (including phenoxy) is 1. The van der Waals surface area contributed by atoms with Crippen LogP contribution in [0.25, 0.3) is 0 Å². The number of hydrogen-bond donors (Lipinski definition) is 1. The highest BCUT2D eigenvalue weighted by molar-refractivity contribution is 9.10. The summed E-state index contributed by atoms with van der Waals surface area (Å²) in [5.41, 5.74) is 8.64. The van der Waals surface area contributed by atoms with Crippen molar-refractivity contribution in [3.05, 3.63) is 63.4 Å². The molecule has 2 nitrogen and oxygen atoms in total. The Morgan fingerprint density at radius 2 is 1.79 bits per heavy atom. The Morgan fingerprint density at radius 1 is 1.16 bits per heavy atom. The van der Waals surface area contributed by atoms with Gasteiger partial charge in [0.1, 0.15) is 11.6 Å². The molecule has 0 heterocycles. The molecule has 19 heavy (non-hydrogen) atoms. The summed E-state index contributed by atoms with van der Waals surface area (Å²) < 4.78 is 19.3. The van der Waals surface area contributed by atoms with E-state index in [1.807, 2.05) is 18.2 Å². The molecule has 0 saturated heterocycles. The fourth-order valence-electron chi connectivity index (χ4n) is 1.93. The first-order valence-electron chi connectivity index (χ1n) is 5.88. The maximum Gasteiger partial charge on any atom is 0.133 e. The molecule has 0 bridgehead atoms. The number of methoxy groups -OCH3 is 1. The molecule has 4 heteroatoms. The van der Waals surface area contributed by atoms with Crippen LogP contribution in [0.4, 0.5) is 4.39 Å². The van der Waals surface area contributed by atoms with Crippen molar-refractivity contribution in [1.82, 2.24) is 0 Å². The van der Waals surface area contributed by atoms with Crippen molar-refractivity contribution < 1.29 is 9.13 Å². The van der Waals surface area contributed by atoms with Gasteiger partial charge in [-0.25, -0.2) is 4.39 Å². The summed E-state index contributed by atoms with van der Waals surface area (Å²) in [5.74, 6) is 0.540. The lowest BCUT2D eigenvalue weighted by atomic mass is 9.98. The van der Waals surface area contributed by atoms with E-state index in [-0.39, 0.29) is 11.9 Å². The summed E-state index contributed by atoms with van der Waals surface area (Å²) in [6.07, 6.45) is 0. The first-order chi connectivity index (χ1) is 9.02. The number of benzene rings is 2. The van der Waals surface area contributed by atoms with Gasteiger partial charge in [0.25, 0.3) is 0 Å². The fraction of sp³-hybridized carbons (Fsp3) is 0.200. The first-order valence-corrected chi connectivity index (χ1v) is 6.67. The summed E-state index contributed by atoms with van der Waals surface area (Å²) in [4.78, 5) is 0. The predicted molar refractivity (Wildman–Crippen MR) is 77.9 cm³/mol. The second kappa shape index (κ2) is 5.72. The SMILES string of the molecule is COc1ccc(C(N)c2ccc(F)c(C)c2)cc1Br. The molecule has 0 amide bonds. The van der Waals surface area contributed by atoms with E-state index in [1.165, 1.54) is 6.07 Å². The number of hydrogen-bond acceptors (Lipinski definition) is 2. The van der Waals surface area contributed by atoms with Crippen LogP contribution in [0.3, 0.4) is 0 Å². The van der Waals surface area contributed by atoms with Gasteiger partial charge in [-0.3, -0.25) is 0 Å². The molecule has 100 valence electrons. The topological polar surface area (TPSA) is 35.2 Å². The van der Waals surface area contributed by atoms with Gasteiger partial charge in [0, 0.05) is 0 Å². The highest BCUT2D eigenvalue weighted by Crippen LogP contribution is 2.30. The Labute approximate surface area is 120 Å². The van der Waals surface area contributed by atoms with Crippen LogP contribution in [0.2, 0.25) is 0 Å². The summed E-state index contributed by atoms with van der Waals surface area (Å²) >= 11 is 3.43. The van der Waals surface area contributed by atoms with Gasteiger partial charge in [0.15, 0.2) is 0 Å². The molecule has 0 saturated carbocycles. The normalized spacial score (nSPS) is 12.3. The van der Waals surface area contributed by atoms with Crippen LogP contribution >= 0.6 is 15.9 Å². The van der Waals surface area contributed by atoms with Gasteiger partial charge in [-0.05, 0) is 57.7 Å². The third kappa shape index (κ3) is 2.96. The third-order valence-electron chi connectivity index (χ3n) is 3.08. The van der Waals surface area contributed by atoms with E-state index in [2.05, 4.69) is 15.9 Å². The number of halogens is 2. The Morgan fingerprint density at radius 3 is 2.37 bits per heavy atom. The largest absolute Gasteiger partial charge is 0.496 e. The van der Waals surface area contributed by atoms with E-state index in [0.29, 0.717) is 5.56 Å². The van der Waals surface area contributed by atoms with Crippen molar-refractivity contribution >= 4 is 15.9 Å². The van der Waals surface area contributed by atoms with Gasteiger partial charge in [0.05, 0.1) is 17.6 Å². The van der Waals surface area contributed by atoms with Crippen molar-refractivity contribution in [1.29, 1.82) is 0 Å². The second-order valence-corrected chi connectivity index (χ2v) is 5.23. The number of rotatable bonds is 3. The highest BCUT2D eigenvalue weighted by Gasteiger charge is 2.12. The van der Waals surface area contributed by atoms with Crippen LogP contribution in [0.15, 0.2) is 40.9 Å². The average molecular weight is 324 g/mol. The van der Waals surface area contributed by atoms with Crippen LogP contribution in [-0.4, -0.2) is 7.11 Å². The minimum Gasteiger partial charge on any atom is -0.496 e. The lowest BCUT2D eigenvalue weighted by Crippen LogP contribution is -2.12. The quantitative estimate of drug-likeness (QED) is 0.928. The maximum atomic E-state index is 13.3. The Bertz CT molecular complexity index is 601. The third-order valence-corrected chi connectivity index (χ3v) is 3.70. The van der Waals surface area contributed by atoms with E-state index < -0.39 is 0 Å². The predicted octanol–water partition coefficient (Wildman–Crippen LogP) is 3.95. The summed E-state index contributed by atoms with van der Waals surface area (Å²) in [6, 6.07) is 10.3. The lowest BCUT2D eigenvalue weighted by molar-refractivity contribution is 0.412. The fourth-order valence-corrected chi connectivity index (χ4v) is 2.49.